The molecular formula is C52H42CaCl2N6O12S2. The van der Waals surface area contributed by atoms with Gasteiger partial charge in [0.1, 0.15) is 28.6 Å². The summed E-state index contributed by atoms with van der Waals surface area (Å²) in [5, 5.41) is 59.0. The summed E-state index contributed by atoms with van der Waals surface area (Å²) in [5.74, 6) is -1.34. The van der Waals surface area contributed by atoms with Gasteiger partial charge in [-0.3, -0.25) is 18.9 Å². The number of hydrogen-bond acceptors (Lipinski definition) is 15. The van der Waals surface area contributed by atoms with Gasteiger partial charge in [0, 0.05) is 28.6 Å². The van der Waals surface area contributed by atoms with Crippen molar-refractivity contribution in [2.75, 3.05) is 19.5 Å². The zero-order valence-electron chi connectivity index (χ0n) is 40.1. The predicted molar refractivity (Wildman–Crippen MR) is 285 cm³/mol. The van der Waals surface area contributed by atoms with Crippen LogP contribution in [0.2, 0.25) is 10.0 Å². The van der Waals surface area contributed by atoms with Crippen molar-refractivity contribution >= 4 is 149 Å². The molecule has 0 aliphatic heterocycles. The van der Waals surface area contributed by atoms with Crippen molar-refractivity contribution in [3.8, 4) is 23.0 Å². The number of aryl methyl sites for hydroxylation is 2. The molecule has 8 aromatic rings. The quantitative estimate of drug-likeness (QED) is 0.0260. The van der Waals surface area contributed by atoms with Crippen molar-refractivity contribution in [2.24, 2.45) is 25.4 Å². The number of nitrogens with one attached hydrogen (secondary N) is 1. The van der Waals surface area contributed by atoms with Crippen molar-refractivity contribution in [2.45, 2.75) is 36.5 Å². The van der Waals surface area contributed by atoms with E-state index in [2.05, 4.69) is 30.8 Å². The molecule has 0 radical (unpaired) electrons. The third kappa shape index (κ3) is 13.6. The first-order valence-corrected chi connectivity index (χ1v) is 25.6. The molecule has 8 rings (SSSR count). The van der Waals surface area contributed by atoms with Crippen LogP contribution in [-0.2, 0) is 33.1 Å². The fourth-order valence-electron chi connectivity index (χ4n) is 7.43. The van der Waals surface area contributed by atoms with Gasteiger partial charge >= 0.3 is 37.7 Å². The summed E-state index contributed by atoms with van der Waals surface area (Å²) < 4.78 is 75.3. The average Bonchev–Trinajstić information content (AvgIpc) is 3.37. The number of carbonyl (C=O) groups excluding carboxylic acids is 1. The molecule has 23 heteroatoms. The van der Waals surface area contributed by atoms with Gasteiger partial charge in [0.25, 0.3) is 26.1 Å². The van der Waals surface area contributed by atoms with Crippen molar-refractivity contribution in [1.82, 2.24) is 0 Å². The second-order valence-corrected chi connectivity index (χ2v) is 19.5. The molecule has 0 aliphatic carbocycles. The van der Waals surface area contributed by atoms with Crippen LogP contribution in [-0.4, -0.2) is 94.8 Å². The molecule has 0 heterocycles. The third-order valence-electron chi connectivity index (χ3n) is 11.1. The number of benzene rings is 8. The first kappa shape index (κ1) is 57.6. The van der Waals surface area contributed by atoms with E-state index in [1.807, 2.05) is 0 Å². The topological polar surface area (TPSA) is 284 Å². The number of hydrogen-bond donors (Lipinski definition) is 4. The SMILES string of the molecule is CCc1cc(S(=O)(=O)O)cc(Cl)c1N=Nc1c(O)c(C(=O)Nc2cccc(OC)c2)cc2ccccc12.CCc1cc(S(=O)(=O)O)cc(Cl)c1N=Nc1c([O-])c(C([O-])=Nc2cccc(OC)c2)cc2ccccc12.[Ca+2]. The number of aromatic hydroxyl groups is 1. The summed E-state index contributed by atoms with van der Waals surface area (Å²) in [7, 11) is -5.95. The molecule has 4 N–H and O–H groups in total. The van der Waals surface area contributed by atoms with Crippen LogP contribution in [0.4, 0.5) is 34.1 Å². The summed E-state index contributed by atoms with van der Waals surface area (Å²) in [6.45, 7) is 3.50. The van der Waals surface area contributed by atoms with Gasteiger partial charge in [0.05, 0.1) is 51.0 Å². The summed E-state index contributed by atoms with van der Waals surface area (Å²) in [6, 6.07) is 34.8. The van der Waals surface area contributed by atoms with Crippen LogP contribution in [0.25, 0.3) is 21.5 Å². The molecule has 0 aliphatic rings. The molecule has 0 aromatic heterocycles. The van der Waals surface area contributed by atoms with Crippen LogP contribution < -0.4 is 25.0 Å². The van der Waals surface area contributed by atoms with Crippen LogP contribution >= 0.6 is 23.2 Å². The molecule has 380 valence electrons. The van der Waals surface area contributed by atoms with E-state index >= 15 is 0 Å². The number of carbonyl (C=O) groups is 1. The van der Waals surface area contributed by atoms with Gasteiger partial charge in [-0.2, -0.15) is 21.9 Å². The Balaban J connectivity index is 0.000000241. The molecule has 18 nitrogen and oxygen atoms in total. The smallest absolute Gasteiger partial charge is 0.871 e. The minimum absolute atomic E-state index is 0. The number of rotatable bonds is 14. The van der Waals surface area contributed by atoms with Gasteiger partial charge in [-0.25, -0.2) is 0 Å². The van der Waals surface area contributed by atoms with E-state index in [9.17, 15) is 46.1 Å². The first-order valence-electron chi connectivity index (χ1n) is 22.0. The Kier molecular flexibility index (Phi) is 19.0. The van der Waals surface area contributed by atoms with E-state index < -0.39 is 43.5 Å². The monoisotopic (exact) mass is 1120 g/mol. The second kappa shape index (κ2) is 24.7. The second-order valence-electron chi connectivity index (χ2n) is 15.9. The van der Waals surface area contributed by atoms with Gasteiger partial charge in [0.2, 0.25) is 0 Å². The van der Waals surface area contributed by atoms with E-state index in [0.29, 0.717) is 68.4 Å². The number of amides is 1. The molecule has 0 unspecified atom stereocenters. The zero-order valence-corrected chi connectivity index (χ0v) is 45.5. The molecular weight excluding hydrogens is 1080 g/mol. The number of anilines is 1. The maximum atomic E-state index is 13.4. The number of ether oxygens (including phenoxy) is 2. The Labute approximate surface area is 470 Å². The van der Waals surface area contributed by atoms with Gasteiger partial charge in [-0.05, 0) is 107 Å². The van der Waals surface area contributed by atoms with Crippen LogP contribution in [0.15, 0.2) is 169 Å². The van der Waals surface area contributed by atoms with Crippen LogP contribution in [0.3, 0.4) is 0 Å². The van der Waals surface area contributed by atoms with E-state index in [4.69, 9.17) is 32.7 Å². The van der Waals surface area contributed by atoms with Gasteiger partial charge < -0.3 is 30.1 Å². The Bertz CT molecular complexity index is 3830. The zero-order chi connectivity index (χ0) is 53.5. The third-order valence-corrected chi connectivity index (χ3v) is 13.4. The van der Waals surface area contributed by atoms with Crippen LogP contribution in [0, 0.1) is 0 Å². The van der Waals surface area contributed by atoms with E-state index in [1.54, 1.807) is 117 Å². The van der Waals surface area contributed by atoms with Crippen molar-refractivity contribution in [1.29, 1.82) is 0 Å². The minimum atomic E-state index is -4.49. The van der Waals surface area contributed by atoms with E-state index in [0.717, 1.165) is 12.1 Å². The number of fused-ring (bicyclic) bond motifs is 2. The molecule has 0 spiro atoms. The number of phenols is 1. The minimum Gasteiger partial charge on any atom is -0.871 e. The average molecular weight is 1120 g/mol. The molecule has 0 saturated carbocycles. The fraction of sp³-hybridized carbons (Fsp3) is 0.115. The maximum Gasteiger partial charge on any atom is 2.00 e. The molecule has 0 atom stereocenters. The largest absolute Gasteiger partial charge is 2.00 e. The number of aliphatic imine (C=N–C) groups is 1. The van der Waals surface area contributed by atoms with Crippen molar-refractivity contribution in [3.05, 3.63) is 166 Å². The molecule has 8 aromatic carbocycles. The van der Waals surface area contributed by atoms with E-state index in [1.165, 1.54) is 32.4 Å². The van der Waals surface area contributed by atoms with Crippen LogP contribution in [0.1, 0.15) is 40.9 Å². The Morgan fingerprint density at radius 3 is 1.60 bits per heavy atom. The standard InChI is InChI=1S/2C26H22ClN3O6S.Ca/c2*1-3-15-11-19(37(33,34)35)14-22(27)23(15)29-30-24-20-10-5-4-7-16(20)12-21(25(24)31)26(32)28-17-8-6-9-18(13-17)36-2;/h2*4-14,31H,3H2,1-2H3,(H,28,32)(H,33,34,35);/q;;+2/p-2. The first-order chi connectivity index (χ1) is 35.2. The molecule has 0 fully saturated rings. The number of halogens is 2. The molecule has 75 heavy (non-hydrogen) atoms. The van der Waals surface area contributed by atoms with Gasteiger partial charge in [0.15, 0.2) is 5.75 Å². The fourth-order valence-corrected chi connectivity index (χ4v) is 9.23. The summed E-state index contributed by atoms with van der Waals surface area (Å²) in [6.07, 6.45) is 0.660. The molecule has 0 bridgehead atoms. The van der Waals surface area contributed by atoms with E-state index in [-0.39, 0.29) is 91.5 Å². The van der Waals surface area contributed by atoms with Crippen LogP contribution in [0.5, 0.6) is 23.0 Å². The number of phenolic OH excluding ortho intramolecular Hbond substituents is 1. The summed E-state index contributed by atoms with van der Waals surface area (Å²) in [4.78, 5) is 16.4. The molecule has 1 amide bonds. The predicted octanol–water partition coefficient (Wildman–Crippen LogP) is 11.5. The maximum absolute atomic E-state index is 13.4. The Morgan fingerprint density at radius 1 is 0.613 bits per heavy atom. The summed E-state index contributed by atoms with van der Waals surface area (Å²) in [5.41, 5.74) is 1.62. The van der Waals surface area contributed by atoms with Gasteiger partial charge in [-0.1, -0.05) is 103 Å². The Hall–Kier alpha value is -6.72. The van der Waals surface area contributed by atoms with Gasteiger partial charge in [-0.15, -0.1) is 15.3 Å². The number of nitrogens with zero attached hydrogens (tertiary/aromatic N) is 5. The number of azo groups is 2. The van der Waals surface area contributed by atoms with Crippen molar-refractivity contribution in [3.63, 3.8) is 0 Å². The normalized spacial score (nSPS) is 11.9. The van der Waals surface area contributed by atoms with Crippen molar-refractivity contribution < 1.29 is 55.5 Å². The molecule has 0 saturated heterocycles. The number of methoxy groups -OCH3 is 2. The Morgan fingerprint density at radius 2 is 1.08 bits per heavy atom. The summed E-state index contributed by atoms with van der Waals surface area (Å²) >= 11 is 12.5.